The molecule has 1 aromatic rings. The summed E-state index contributed by atoms with van der Waals surface area (Å²) < 4.78 is 6.04. The van der Waals surface area contributed by atoms with Gasteiger partial charge in [0, 0.05) is 0 Å². The average molecular weight is 468 g/mol. The average Bonchev–Trinajstić information content (AvgIpc) is 2.84. The van der Waals surface area contributed by atoms with E-state index in [2.05, 4.69) is 58.0 Å². The summed E-state index contributed by atoms with van der Waals surface area (Å²) in [7, 11) is 0. The molecule has 1 aliphatic carbocycles. The molecule has 0 aliphatic heterocycles. The molecule has 0 spiro atoms. The van der Waals surface area contributed by atoms with Gasteiger partial charge in [0.05, 0.1) is 18.1 Å². The van der Waals surface area contributed by atoms with Gasteiger partial charge in [-0.2, -0.15) is 5.26 Å². The molecule has 0 aromatic heterocycles. The van der Waals surface area contributed by atoms with Crippen LogP contribution in [0.3, 0.4) is 0 Å². The van der Waals surface area contributed by atoms with Gasteiger partial charge in [-0.3, -0.25) is 0 Å². The van der Waals surface area contributed by atoms with Gasteiger partial charge in [0.1, 0.15) is 5.75 Å². The highest BCUT2D eigenvalue weighted by Gasteiger charge is 2.35. The van der Waals surface area contributed by atoms with E-state index in [4.69, 9.17) is 4.74 Å². The molecular formula is C32H53NO. The number of nitrogens with zero attached hydrogens (tertiary/aromatic N) is 1. The maximum atomic E-state index is 9.93. The van der Waals surface area contributed by atoms with Gasteiger partial charge in [-0.15, -0.1) is 0 Å². The van der Waals surface area contributed by atoms with E-state index in [1.54, 1.807) is 0 Å². The lowest BCUT2D eigenvalue weighted by Gasteiger charge is -2.35. The van der Waals surface area contributed by atoms with Crippen LogP contribution in [0.1, 0.15) is 142 Å². The number of unbranched alkanes of at least 4 members (excludes halogenated alkanes) is 6. The van der Waals surface area contributed by atoms with Crippen LogP contribution < -0.4 is 4.74 Å². The second kappa shape index (κ2) is 16.2. The van der Waals surface area contributed by atoms with Crippen LogP contribution in [0.4, 0.5) is 0 Å². The lowest BCUT2D eigenvalue weighted by Crippen LogP contribution is -2.25. The zero-order chi connectivity index (χ0) is 24.7. The normalized spacial score (nSPS) is 21.4. The van der Waals surface area contributed by atoms with E-state index < -0.39 is 0 Å². The SMILES string of the molecule is CCCCCCCCCC1(C#N)CCC(c2ccc(OCCC(C)CCCC(C)C)cc2)CC1. The van der Waals surface area contributed by atoms with Crippen molar-refractivity contribution in [3.05, 3.63) is 29.8 Å². The van der Waals surface area contributed by atoms with E-state index in [1.807, 2.05) is 0 Å². The van der Waals surface area contributed by atoms with Crippen molar-refractivity contribution in [2.75, 3.05) is 6.61 Å². The molecule has 1 aromatic carbocycles. The molecule has 0 N–H and O–H groups in total. The Labute approximate surface area is 211 Å². The first kappa shape index (κ1) is 28.7. The third-order valence-electron chi connectivity index (χ3n) is 8.15. The molecule has 1 unspecified atom stereocenters. The van der Waals surface area contributed by atoms with Gasteiger partial charge in [0.2, 0.25) is 0 Å². The highest BCUT2D eigenvalue weighted by atomic mass is 16.5. The van der Waals surface area contributed by atoms with Crippen molar-refractivity contribution in [2.24, 2.45) is 17.3 Å². The Bertz CT molecular complexity index is 678. The summed E-state index contributed by atoms with van der Waals surface area (Å²) in [5.74, 6) is 3.15. The molecule has 1 fully saturated rings. The summed E-state index contributed by atoms with van der Waals surface area (Å²) in [6, 6.07) is 11.6. The lowest BCUT2D eigenvalue weighted by atomic mass is 9.67. The third-order valence-corrected chi connectivity index (χ3v) is 8.15. The summed E-state index contributed by atoms with van der Waals surface area (Å²) in [6.45, 7) is 10.1. The van der Waals surface area contributed by atoms with Crippen molar-refractivity contribution < 1.29 is 4.74 Å². The largest absolute Gasteiger partial charge is 0.494 e. The standard InChI is InChI=1S/C32H53NO/c1-5-6-7-8-9-10-11-22-32(26-33)23-19-30(20-24-32)29-15-17-31(18-16-29)34-25-21-28(4)14-12-13-27(2)3/h15-18,27-28,30H,5-14,19-25H2,1-4H3. The van der Waals surface area contributed by atoms with Crippen LogP contribution in [0.5, 0.6) is 5.75 Å². The molecule has 0 bridgehead atoms. The first-order chi connectivity index (χ1) is 16.5. The van der Waals surface area contributed by atoms with Gasteiger partial charge in [0.25, 0.3) is 0 Å². The van der Waals surface area contributed by atoms with Crippen LogP contribution in [-0.2, 0) is 0 Å². The monoisotopic (exact) mass is 467 g/mol. The minimum Gasteiger partial charge on any atom is -0.494 e. The second-order valence-electron chi connectivity index (χ2n) is 11.7. The van der Waals surface area contributed by atoms with Crippen molar-refractivity contribution in [3.8, 4) is 11.8 Å². The maximum absolute atomic E-state index is 9.93. The first-order valence-electron chi connectivity index (χ1n) is 14.6. The number of hydrogen-bond acceptors (Lipinski definition) is 2. The Morgan fingerprint density at radius 3 is 2.15 bits per heavy atom. The predicted octanol–water partition coefficient (Wildman–Crippen LogP) is 10.2. The van der Waals surface area contributed by atoms with E-state index in [1.165, 1.54) is 69.8 Å². The van der Waals surface area contributed by atoms with Crippen LogP contribution in [-0.4, -0.2) is 6.61 Å². The fraction of sp³-hybridized carbons (Fsp3) is 0.781. The number of nitriles is 1. The minimum absolute atomic E-state index is 0.0607. The molecule has 34 heavy (non-hydrogen) atoms. The zero-order valence-corrected chi connectivity index (χ0v) is 22.9. The van der Waals surface area contributed by atoms with Crippen molar-refractivity contribution in [1.82, 2.24) is 0 Å². The van der Waals surface area contributed by atoms with E-state index in [-0.39, 0.29) is 5.41 Å². The number of benzene rings is 1. The number of rotatable bonds is 17. The molecule has 0 amide bonds. The molecule has 1 aliphatic rings. The van der Waals surface area contributed by atoms with E-state index >= 15 is 0 Å². The van der Waals surface area contributed by atoms with Gasteiger partial charge < -0.3 is 4.74 Å². The molecule has 2 heteroatoms. The van der Waals surface area contributed by atoms with E-state index in [9.17, 15) is 5.26 Å². The molecule has 2 rings (SSSR count). The van der Waals surface area contributed by atoms with Gasteiger partial charge in [-0.1, -0.05) is 104 Å². The van der Waals surface area contributed by atoms with Crippen LogP contribution in [0.15, 0.2) is 24.3 Å². The zero-order valence-electron chi connectivity index (χ0n) is 22.9. The molecule has 0 radical (unpaired) electrons. The van der Waals surface area contributed by atoms with Gasteiger partial charge in [0.15, 0.2) is 0 Å². The lowest BCUT2D eigenvalue weighted by molar-refractivity contribution is 0.222. The quantitative estimate of drug-likeness (QED) is 0.213. The Hall–Kier alpha value is -1.49. The Kier molecular flexibility index (Phi) is 13.7. The smallest absolute Gasteiger partial charge is 0.119 e. The van der Waals surface area contributed by atoms with Gasteiger partial charge in [-0.25, -0.2) is 0 Å². The molecular weight excluding hydrogens is 414 g/mol. The number of hydrogen-bond donors (Lipinski definition) is 0. The van der Waals surface area contributed by atoms with Crippen LogP contribution in [0.2, 0.25) is 0 Å². The molecule has 0 saturated heterocycles. The highest BCUT2D eigenvalue weighted by molar-refractivity contribution is 5.30. The summed E-state index contributed by atoms with van der Waals surface area (Å²) in [5.41, 5.74) is 1.37. The Morgan fingerprint density at radius 1 is 0.882 bits per heavy atom. The fourth-order valence-electron chi connectivity index (χ4n) is 5.57. The molecule has 1 atom stereocenters. The predicted molar refractivity (Wildman–Crippen MR) is 146 cm³/mol. The summed E-state index contributed by atoms with van der Waals surface area (Å²) >= 11 is 0. The topological polar surface area (TPSA) is 33.0 Å². The van der Waals surface area contributed by atoms with Crippen molar-refractivity contribution in [1.29, 1.82) is 5.26 Å². The molecule has 2 nitrogen and oxygen atoms in total. The van der Waals surface area contributed by atoms with Gasteiger partial charge >= 0.3 is 0 Å². The maximum Gasteiger partial charge on any atom is 0.119 e. The molecule has 1 saturated carbocycles. The highest BCUT2D eigenvalue weighted by Crippen LogP contribution is 2.45. The summed E-state index contributed by atoms with van der Waals surface area (Å²) in [4.78, 5) is 0. The first-order valence-corrected chi connectivity index (χ1v) is 14.6. The Balaban J connectivity index is 1.67. The fourth-order valence-corrected chi connectivity index (χ4v) is 5.57. The third kappa shape index (κ3) is 10.8. The molecule has 0 heterocycles. The van der Waals surface area contributed by atoms with Crippen molar-refractivity contribution >= 4 is 0 Å². The van der Waals surface area contributed by atoms with Gasteiger partial charge in [-0.05, 0) is 74.0 Å². The summed E-state index contributed by atoms with van der Waals surface area (Å²) in [5, 5.41) is 9.93. The van der Waals surface area contributed by atoms with Crippen molar-refractivity contribution in [3.63, 3.8) is 0 Å². The minimum atomic E-state index is -0.0607. The van der Waals surface area contributed by atoms with Crippen LogP contribution in [0, 0.1) is 28.6 Å². The van der Waals surface area contributed by atoms with Crippen LogP contribution >= 0.6 is 0 Å². The van der Waals surface area contributed by atoms with E-state index in [0.29, 0.717) is 5.92 Å². The van der Waals surface area contributed by atoms with Crippen molar-refractivity contribution in [2.45, 2.75) is 136 Å². The Morgan fingerprint density at radius 2 is 1.53 bits per heavy atom. The van der Waals surface area contributed by atoms with E-state index in [0.717, 1.165) is 62.7 Å². The summed E-state index contributed by atoms with van der Waals surface area (Å²) in [6.07, 6.45) is 20.0. The number of ether oxygens (including phenoxy) is 1. The second-order valence-corrected chi connectivity index (χ2v) is 11.7. The molecule has 192 valence electrons. The van der Waals surface area contributed by atoms with Crippen LogP contribution in [0.25, 0.3) is 0 Å².